The normalized spacial score (nSPS) is 11.4. The van der Waals surface area contributed by atoms with Crippen LogP contribution in [0.5, 0.6) is 5.75 Å². The van der Waals surface area contributed by atoms with Crippen molar-refractivity contribution in [1.29, 1.82) is 0 Å². The third-order valence-electron chi connectivity index (χ3n) is 3.44. The van der Waals surface area contributed by atoms with E-state index < -0.39 is 0 Å². The van der Waals surface area contributed by atoms with Gasteiger partial charge in [0.05, 0.1) is 5.56 Å². The van der Waals surface area contributed by atoms with E-state index in [0.29, 0.717) is 11.4 Å². The molecule has 0 aliphatic rings. The minimum absolute atomic E-state index is 0.191. The molecular formula is C17H25N5O. The lowest BCUT2D eigenvalue weighted by atomic mass is 10.2. The number of aromatic hydroxyl groups is 1. The molecule has 0 aliphatic carbocycles. The molecule has 0 spiro atoms. The van der Waals surface area contributed by atoms with E-state index >= 15 is 0 Å². The van der Waals surface area contributed by atoms with Crippen molar-refractivity contribution >= 4 is 0 Å². The first-order chi connectivity index (χ1) is 11.0. The van der Waals surface area contributed by atoms with E-state index in [-0.39, 0.29) is 5.75 Å². The van der Waals surface area contributed by atoms with Crippen LogP contribution < -0.4 is 0 Å². The Morgan fingerprint density at radius 1 is 0.826 bits per heavy atom. The van der Waals surface area contributed by atoms with Gasteiger partial charge in [-0.25, -0.2) is 15.0 Å². The number of nitrogens with zero attached hydrogens (tertiary/aromatic N) is 5. The summed E-state index contributed by atoms with van der Waals surface area (Å²) in [6.45, 7) is 1.74. The van der Waals surface area contributed by atoms with Crippen molar-refractivity contribution < 1.29 is 5.11 Å². The molecule has 23 heavy (non-hydrogen) atoms. The van der Waals surface area contributed by atoms with E-state index in [9.17, 15) is 5.11 Å². The first kappa shape index (κ1) is 17.3. The summed E-state index contributed by atoms with van der Waals surface area (Å²) < 4.78 is 0. The quantitative estimate of drug-likeness (QED) is 0.834. The van der Waals surface area contributed by atoms with Crippen LogP contribution in [0.15, 0.2) is 24.3 Å². The van der Waals surface area contributed by atoms with E-state index in [0.717, 1.165) is 37.6 Å². The summed E-state index contributed by atoms with van der Waals surface area (Å²) in [6, 6.07) is 7.14. The first-order valence-corrected chi connectivity index (χ1v) is 7.77. The van der Waals surface area contributed by atoms with Crippen LogP contribution in [0.4, 0.5) is 0 Å². The third kappa shape index (κ3) is 5.26. The van der Waals surface area contributed by atoms with E-state index in [4.69, 9.17) is 0 Å². The van der Waals surface area contributed by atoms with Gasteiger partial charge >= 0.3 is 0 Å². The van der Waals surface area contributed by atoms with Crippen molar-refractivity contribution in [3.05, 3.63) is 35.9 Å². The highest BCUT2D eigenvalue weighted by Gasteiger charge is 2.12. The van der Waals surface area contributed by atoms with Crippen LogP contribution in [0.1, 0.15) is 11.6 Å². The molecule has 0 atom stereocenters. The predicted octanol–water partition coefficient (Wildman–Crippen LogP) is 1.45. The van der Waals surface area contributed by atoms with Crippen LogP contribution in [0.2, 0.25) is 0 Å². The van der Waals surface area contributed by atoms with Crippen LogP contribution in [0.3, 0.4) is 0 Å². The van der Waals surface area contributed by atoms with Crippen LogP contribution in [-0.4, -0.2) is 71.1 Å². The average molecular weight is 315 g/mol. The van der Waals surface area contributed by atoms with Crippen molar-refractivity contribution in [3.63, 3.8) is 0 Å². The number of benzene rings is 1. The lowest BCUT2D eigenvalue weighted by Gasteiger charge is -2.12. The topological polar surface area (TPSA) is 65.4 Å². The zero-order chi connectivity index (χ0) is 16.8. The van der Waals surface area contributed by atoms with Gasteiger partial charge in [-0.1, -0.05) is 12.1 Å². The molecule has 0 aliphatic heterocycles. The molecule has 0 unspecified atom stereocenters. The summed E-state index contributed by atoms with van der Waals surface area (Å²) in [5.41, 5.74) is 0.645. The maximum atomic E-state index is 10.1. The van der Waals surface area contributed by atoms with Gasteiger partial charge in [0.25, 0.3) is 0 Å². The zero-order valence-electron chi connectivity index (χ0n) is 14.3. The summed E-state index contributed by atoms with van der Waals surface area (Å²) in [7, 11) is 8.10. The van der Waals surface area contributed by atoms with Crippen molar-refractivity contribution in [1.82, 2.24) is 24.8 Å². The molecule has 6 heteroatoms. The largest absolute Gasteiger partial charge is 0.507 e. The van der Waals surface area contributed by atoms with Crippen LogP contribution in [-0.2, 0) is 12.8 Å². The summed E-state index contributed by atoms with van der Waals surface area (Å²) in [4.78, 5) is 17.9. The molecule has 1 N–H and O–H groups in total. The lowest BCUT2D eigenvalue weighted by molar-refractivity contribution is 0.403. The van der Waals surface area contributed by atoms with Gasteiger partial charge in [0, 0.05) is 25.9 Å². The number of aromatic nitrogens is 3. The Hall–Kier alpha value is -2.05. The fourth-order valence-electron chi connectivity index (χ4n) is 2.12. The van der Waals surface area contributed by atoms with Gasteiger partial charge in [-0.15, -0.1) is 0 Å². The Morgan fingerprint density at radius 2 is 1.35 bits per heavy atom. The molecule has 0 saturated carbocycles. The molecule has 1 heterocycles. The third-order valence-corrected chi connectivity index (χ3v) is 3.44. The summed E-state index contributed by atoms with van der Waals surface area (Å²) in [6.07, 6.45) is 1.51. The first-order valence-electron chi connectivity index (χ1n) is 7.77. The summed E-state index contributed by atoms with van der Waals surface area (Å²) >= 11 is 0. The Balaban J connectivity index is 2.34. The molecule has 2 rings (SSSR count). The van der Waals surface area contributed by atoms with Gasteiger partial charge in [0.2, 0.25) is 0 Å². The van der Waals surface area contributed by atoms with Crippen molar-refractivity contribution in [2.75, 3.05) is 41.3 Å². The fraction of sp³-hybridized carbons (Fsp3) is 0.471. The SMILES string of the molecule is CN(C)CCc1nc(CCN(C)C)nc(-c2ccccc2O)n1. The molecule has 1 aromatic heterocycles. The second-order valence-electron chi connectivity index (χ2n) is 6.12. The number of rotatable bonds is 7. The van der Waals surface area contributed by atoms with E-state index in [2.05, 4.69) is 24.8 Å². The second kappa shape index (κ2) is 7.99. The van der Waals surface area contributed by atoms with Crippen LogP contribution in [0.25, 0.3) is 11.4 Å². The smallest absolute Gasteiger partial charge is 0.167 e. The number of likely N-dealkylation sites (N-methyl/N-ethyl adjacent to an activating group) is 2. The maximum Gasteiger partial charge on any atom is 0.167 e. The average Bonchev–Trinajstić information content (AvgIpc) is 2.51. The van der Waals surface area contributed by atoms with Gasteiger partial charge < -0.3 is 14.9 Å². The Morgan fingerprint density at radius 3 is 1.83 bits per heavy atom. The minimum Gasteiger partial charge on any atom is -0.507 e. The van der Waals surface area contributed by atoms with E-state index in [1.165, 1.54) is 0 Å². The number of hydrogen-bond donors (Lipinski definition) is 1. The highest BCUT2D eigenvalue weighted by molar-refractivity contribution is 5.63. The fourth-order valence-corrected chi connectivity index (χ4v) is 2.12. The Labute approximate surface area is 137 Å². The van der Waals surface area contributed by atoms with E-state index in [1.54, 1.807) is 12.1 Å². The molecule has 0 radical (unpaired) electrons. The second-order valence-corrected chi connectivity index (χ2v) is 6.12. The van der Waals surface area contributed by atoms with E-state index in [1.807, 2.05) is 40.3 Å². The molecule has 124 valence electrons. The summed E-state index contributed by atoms with van der Waals surface area (Å²) in [5.74, 6) is 2.26. The molecule has 0 saturated heterocycles. The summed E-state index contributed by atoms with van der Waals surface area (Å²) in [5, 5.41) is 10.1. The Bertz CT molecular complexity index is 612. The standard InChI is InChI=1S/C17H25N5O/c1-21(2)11-9-15-18-16(10-12-22(3)4)20-17(19-15)13-7-5-6-8-14(13)23/h5-8,23H,9-12H2,1-4H3. The highest BCUT2D eigenvalue weighted by atomic mass is 16.3. The van der Waals surface area contributed by atoms with Crippen LogP contribution >= 0.6 is 0 Å². The molecule has 0 fully saturated rings. The minimum atomic E-state index is 0.191. The van der Waals surface area contributed by atoms with Crippen LogP contribution in [0, 0.1) is 0 Å². The molecule has 0 amide bonds. The monoisotopic (exact) mass is 315 g/mol. The number of hydrogen-bond acceptors (Lipinski definition) is 6. The lowest BCUT2D eigenvalue weighted by Crippen LogP contribution is -2.19. The zero-order valence-corrected chi connectivity index (χ0v) is 14.3. The molecule has 6 nitrogen and oxygen atoms in total. The number of phenols is 1. The van der Waals surface area contributed by atoms with Gasteiger partial charge in [0.1, 0.15) is 17.4 Å². The number of phenolic OH excluding ortho intramolecular Hbond substituents is 1. The van der Waals surface area contributed by atoms with Gasteiger partial charge in [-0.2, -0.15) is 0 Å². The molecule has 0 bridgehead atoms. The van der Waals surface area contributed by atoms with Gasteiger partial charge in [-0.3, -0.25) is 0 Å². The van der Waals surface area contributed by atoms with Gasteiger partial charge in [0.15, 0.2) is 5.82 Å². The molecular weight excluding hydrogens is 290 g/mol. The Kier molecular flexibility index (Phi) is 6.01. The highest BCUT2D eigenvalue weighted by Crippen LogP contribution is 2.25. The van der Waals surface area contributed by atoms with Crippen molar-refractivity contribution in [3.8, 4) is 17.1 Å². The van der Waals surface area contributed by atoms with Gasteiger partial charge in [-0.05, 0) is 40.3 Å². The molecule has 2 aromatic rings. The van der Waals surface area contributed by atoms with Crippen molar-refractivity contribution in [2.24, 2.45) is 0 Å². The maximum absolute atomic E-state index is 10.1. The number of para-hydroxylation sites is 1. The van der Waals surface area contributed by atoms with Crippen molar-refractivity contribution in [2.45, 2.75) is 12.8 Å². The predicted molar refractivity (Wildman–Crippen MR) is 91.4 cm³/mol. The molecule has 1 aromatic carbocycles.